The Morgan fingerprint density at radius 3 is 2.51 bits per heavy atom. The molecule has 1 saturated carbocycles. The fraction of sp³-hybridized carbons (Fsp3) is 0.379. The lowest BCUT2D eigenvalue weighted by Gasteiger charge is -2.37. The van der Waals surface area contributed by atoms with Crippen molar-refractivity contribution in [2.24, 2.45) is 5.92 Å². The maximum Gasteiger partial charge on any atom is 0.306 e. The maximum absolute atomic E-state index is 13.5. The quantitative estimate of drug-likeness (QED) is 0.273. The van der Waals surface area contributed by atoms with Crippen LogP contribution in [0.4, 0.5) is 5.69 Å². The van der Waals surface area contributed by atoms with E-state index in [1.54, 1.807) is 49.0 Å². The molecule has 12 heteroatoms. The van der Waals surface area contributed by atoms with Crippen molar-refractivity contribution in [1.82, 2.24) is 19.3 Å². The molecule has 1 fully saturated rings. The van der Waals surface area contributed by atoms with Crippen molar-refractivity contribution in [2.45, 2.75) is 63.5 Å². The van der Waals surface area contributed by atoms with Crippen LogP contribution in [0.25, 0.3) is 21.6 Å². The third-order valence-corrected chi connectivity index (χ3v) is 9.47. The number of aromatic nitrogens is 3. The molecule has 0 radical (unpaired) electrons. The van der Waals surface area contributed by atoms with Crippen molar-refractivity contribution in [3.8, 4) is 10.6 Å². The van der Waals surface area contributed by atoms with E-state index in [0.717, 1.165) is 18.4 Å². The van der Waals surface area contributed by atoms with Crippen LogP contribution in [0, 0.1) is 12.8 Å². The topological polar surface area (TPSA) is 132 Å². The molecule has 0 unspecified atom stereocenters. The summed E-state index contributed by atoms with van der Waals surface area (Å²) in [5.41, 5.74) is 2.36. The van der Waals surface area contributed by atoms with Gasteiger partial charge < -0.3 is 15.4 Å². The summed E-state index contributed by atoms with van der Waals surface area (Å²) in [5.74, 6) is -0.319. The molecule has 0 bridgehead atoms. The number of rotatable bonds is 8. The molecule has 4 aromatic rings. The molecule has 0 saturated heterocycles. The summed E-state index contributed by atoms with van der Waals surface area (Å²) in [6.45, 7) is 7.46. The average Bonchev–Trinajstić information content (AvgIpc) is 3.54. The van der Waals surface area contributed by atoms with Crippen molar-refractivity contribution < 1.29 is 22.7 Å². The summed E-state index contributed by atoms with van der Waals surface area (Å²) in [6.07, 6.45) is 4.96. The molecule has 1 amide bonds. The minimum Gasteiger partial charge on any atom is -0.460 e. The number of nitrogens with one attached hydrogen (secondary N) is 2. The largest absolute Gasteiger partial charge is 0.460 e. The summed E-state index contributed by atoms with van der Waals surface area (Å²) in [4.78, 5) is 33.7. The number of benzene rings is 1. The van der Waals surface area contributed by atoms with E-state index < -0.39 is 15.6 Å². The van der Waals surface area contributed by atoms with Gasteiger partial charge in [-0.2, -0.15) is 0 Å². The molecule has 1 aliphatic rings. The van der Waals surface area contributed by atoms with E-state index in [1.807, 2.05) is 27.7 Å². The van der Waals surface area contributed by atoms with Crippen LogP contribution in [0.1, 0.15) is 56.1 Å². The molecule has 2 N–H and O–H groups in total. The van der Waals surface area contributed by atoms with Crippen LogP contribution >= 0.6 is 11.3 Å². The highest BCUT2D eigenvalue weighted by Gasteiger charge is 2.34. The number of fused-ring (bicyclic) bond motifs is 1. The molecule has 3 aromatic heterocycles. The van der Waals surface area contributed by atoms with Gasteiger partial charge in [0.15, 0.2) is 5.65 Å². The Labute approximate surface area is 243 Å². The molecule has 1 aliphatic carbocycles. The Balaban J connectivity index is 1.48. The lowest BCUT2D eigenvalue weighted by Crippen LogP contribution is -2.37. The molecule has 216 valence electrons. The zero-order chi connectivity index (χ0) is 29.5. The first-order valence-corrected chi connectivity index (χ1v) is 15.7. The second-order valence-electron chi connectivity index (χ2n) is 11.3. The van der Waals surface area contributed by atoms with Crippen LogP contribution in [0.2, 0.25) is 0 Å². The summed E-state index contributed by atoms with van der Waals surface area (Å²) in [6, 6.07) is 8.46. The summed E-state index contributed by atoms with van der Waals surface area (Å²) < 4.78 is 33.7. The standard InChI is InChI=1S/C29H33N5O5S2/c1-17-6-8-20(9-7-17)41(37,38)34-11-10-21-25(32-19-12-18(13-19)14-24(35)39-29(2,3)4)22(15-31-26(21)34)28-33-23(16-40-28)27(36)30-5/h6-11,15-16,18-19H,12-14H2,1-5H3,(H,30,36)(H,31,32). The van der Waals surface area contributed by atoms with E-state index in [0.29, 0.717) is 33.8 Å². The molecule has 5 rings (SSSR count). The second kappa shape index (κ2) is 10.9. The van der Waals surface area contributed by atoms with Gasteiger partial charge >= 0.3 is 5.97 Å². The number of thiazole rings is 1. The monoisotopic (exact) mass is 595 g/mol. The maximum atomic E-state index is 13.5. The molecular weight excluding hydrogens is 562 g/mol. The first-order chi connectivity index (χ1) is 19.4. The van der Waals surface area contributed by atoms with Gasteiger partial charge in [-0.15, -0.1) is 11.3 Å². The molecular formula is C29H33N5O5S2. The molecule has 3 heterocycles. The molecule has 10 nitrogen and oxygen atoms in total. The fourth-order valence-electron chi connectivity index (χ4n) is 4.87. The van der Waals surface area contributed by atoms with Gasteiger partial charge in [-0.3, -0.25) is 9.59 Å². The van der Waals surface area contributed by atoms with E-state index in [-0.39, 0.29) is 34.4 Å². The van der Waals surface area contributed by atoms with Gasteiger partial charge in [0.1, 0.15) is 16.3 Å². The lowest BCUT2D eigenvalue weighted by molar-refractivity contribution is -0.156. The van der Waals surface area contributed by atoms with E-state index in [2.05, 4.69) is 20.6 Å². The number of pyridine rings is 1. The highest BCUT2D eigenvalue weighted by molar-refractivity contribution is 7.90. The number of ether oxygens (including phenoxy) is 1. The van der Waals surface area contributed by atoms with Crippen LogP contribution in [-0.4, -0.2) is 52.9 Å². The minimum atomic E-state index is -3.89. The third kappa shape index (κ3) is 5.98. The van der Waals surface area contributed by atoms with Gasteiger partial charge in [-0.25, -0.2) is 22.4 Å². The Hall–Kier alpha value is -3.77. The summed E-state index contributed by atoms with van der Waals surface area (Å²) in [7, 11) is -2.35. The highest BCUT2D eigenvalue weighted by atomic mass is 32.2. The smallest absolute Gasteiger partial charge is 0.306 e. The van der Waals surface area contributed by atoms with Gasteiger partial charge in [0.05, 0.1) is 16.1 Å². The summed E-state index contributed by atoms with van der Waals surface area (Å²) in [5, 5.41) is 9.03. The number of amides is 1. The highest BCUT2D eigenvalue weighted by Crippen LogP contribution is 2.40. The van der Waals surface area contributed by atoms with Crippen LogP contribution in [-0.2, 0) is 19.6 Å². The van der Waals surface area contributed by atoms with Crippen molar-refractivity contribution in [2.75, 3.05) is 12.4 Å². The number of aryl methyl sites for hydroxylation is 1. The molecule has 0 spiro atoms. The predicted octanol–water partition coefficient (Wildman–Crippen LogP) is 4.99. The Morgan fingerprint density at radius 2 is 1.85 bits per heavy atom. The number of nitrogens with zero attached hydrogens (tertiary/aromatic N) is 3. The van der Waals surface area contributed by atoms with Crippen LogP contribution in [0.15, 0.2) is 53.0 Å². The first-order valence-electron chi connectivity index (χ1n) is 13.3. The Morgan fingerprint density at radius 1 is 1.15 bits per heavy atom. The van der Waals surface area contributed by atoms with E-state index in [9.17, 15) is 18.0 Å². The number of carbonyl (C=O) groups excluding carboxylic acids is 2. The minimum absolute atomic E-state index is 0.0576. The Kier molecular flexibility index (Phi) is 7.64. The number of carbonyl (C=O) groups is 2. The van der Waals surface area contributed by atoms with Crippen molar-refractivity contribution >= 4 is 50.0 Å². The van der Waals surface area contributed by atoms with E-state index >= 15 is 0 Å². The molecule has 41 heavy (non-hydrogen) atoms. The second-order valence-corrected chi connectivity index (χ2v) is 14.0. The first kappa shape index (κ1) is 28.7. The van der Waals surface area contributed by atoms with E-state index in [4.69, 9.17) is 4.74 Å². The van der Waals surface area contributed by atoms with Gasteiger partial charge in [0.2, 0.25) is 0 Å². The lowest BCUT2D eigenvalue weighted by atomic mass is 9.78. The van der Waals surface area contributed by atoms with Gasteiger partial charge in [0.25, 0.3) is 15.9 Å². The zero-order valence-corrected chi connectivity index (χ0v) is 25.2. The van der Waals surface area contributed by atoms with Crippen molar-refractivity contribution in [3.63, 3.8) is 0 Å². The van der Waals surface area contributed by atoms with Crippen molar-refractivity contribution in [3.05, 3.63) is 59.4 Å². The number of hydrogen-bond donors (Lipinski definition) is 2. The Bertz CT molecular complexity index is 1710. The van der Waals surface area contributed by atoms with E-state index in [1.165, 1.54) is 21.5 Å². The van der Waals surface area contributed by atoms with Gasteiger partial charge in [0, 0.05) is 42.7 Å². The average molecular weight is 596 g/mol. The summed E-state index contributed by atoms with van der Waals surface area (Å²) >= 11 is 1.31. The van der Waals surface area contributed by atoms with Crippen LogP contribution in [0.3, 0.4) is 0 Å². The number of anilines is 1. The zero-order valence-electron chi connectivity index (χ0n) is 23.6. The van der Waals surface area contributed by atoms with Gasteiger partial charge in [-0.1, -0.05) is 17.7 Å². The van der Waals surface area contributed by atoms with Crippen LogP contribution < -0.4 is 10.6 Å². The molecule has 1 aromatic carbocycles. The van der Waals surface area contributed by atoms with Crippen LogP contribution in [0.5, 0.6) is 0 Å². The molecule has 0 aliphatic heterocycles. The normalized spacial score (nSPS) is 17.2. The third-order valence-electron chi connectivity index (χ3n) is 6.91. The number of esters is 1. The fourth-order valence-corrected chi connectivity index (χ4v) is 6.99. The van der Waals surface area contributed by atoms with Gasteiger partial charge in [-0.05, 0) is 64.7 Å². The van der Waals surface area contributed by atoms with Crippen molar-refractivity contribution in [1.29, 1.82) is 0 Å². The SMILES string of the molecule is CNC(=O)c1csc(-c2cnc3c(ccn3S(=O)(=O)c3ccc(C)cc3)c2NC2CC(CC(=O)OC(C)(C)C)C2)n1. The number of hydrogen-bond acceptors (Lipinski definition) is 9. The molecule has 0 atom stereocenters. The predicted molar refractivity (Wildman–Crippen MR) is 159 cm³/mol.